The van der Waals surface area contributed by atoms with Gasteiger partial charge in [-0.25, -0.2) is 0 Å². The number of rotatable bonds is 10. The van der Waals surface area contributed by atoms with Crippen LogP contribution in [0.5, 0.6) is 11.5 Å². The third kappa shape index (κ3) is 5.77. The summed E-state index contributed by atoms with van der Waals surface area (Å²) in [6.45, 7) is 3.76. The van der Waals surface area contributed by atoms with E-state index in [1.54, 1.807) is 48.5 Å². The van der Waals surface area contributed by atoms with E-state index in [0.717, 1.165) is 6.54 Å². The van der Waals surface area contributed by atoms with Gasteiger partial charge in [0.15, 0.2) is 5.78 Å². The highest BCUT2D eigenvalue weighted by Crippen LogP contribution is 2.32. The van der Waals surface area contributed by atoms with Crippen molar-refractivity contribution < 1.29 is 19.2 Å². The molecule has 2 N–H and O–H groups in total. The molecule has 0 bridgehead atoms. The average molecular weight is 433 g/mol. The fourth-order valence-electron chi connectivity index (χ4n) is 2.99. The minimum Gasteiger partial charge on any atom is -0.450 e. The number of hydrogen-bond acceptors (Lipinski definition) is 6. The molecule has 0 saturated heterocycles. The molecule has 1 amide bonds. The molecule has 0 spiro atoms. The van der Waals surface area contributed by atoms with E-state index < -0.39 is 10.8 Å². The fourth-order valence-corrected chi connectivity index (χ4v) is 2.99. The minimum absolute atomic E-state index is 0.00124. The highest BCUT2D eigenvalue weighted by Gasteiger charge is 2.19. The van der Waals surface area contributed by atoms with Gasteiger partial charge in [-0.1, -0.05) is 37.3 Å². The highest BCUT2D eigenvalue weighted by atomic mass is 16.6. The first-order valence-corrected chi connectivity index (χ1v) is 10.1. The summed E-state index contributed by atoms with van der Waals surface area (Å²) in [6, 6.07) is 19.3. The van der Waals surface area contributed by atoms with Gasteiger partial charge in [-0.05, 0) is 42.9 Å². The number of likely N-dealkylation sites (N-methyl/N-ethyl adjacent to an activating group) is 1. The largest absolute Gasteiger partial charge is 0.450 e. The Morgan fingerprint density at radius 2 is 1.56 bits per heavy atom. The second kappa shape index (κ2) is 10.8. The first kappa shape index (κ1) is 22.6. The Morgan fingerprint density at radius 1 is 0.906 bits per heavy atom. The second-order valence-electron chi connectivity index (χ2n) is 6.87. The summed E-state index contributed by atoms with van der Waals surface area (Å²) in [4.78, 5) is 35.7. The van der Waals surface area contributed by atoms with Gasteiger partial charge >= 0.3 is 5.69 Å². The molecule has 0 atom stereocenters. The van der Waals surface area contributed by atoms with Gasteiger partial charge in [0.1, 0.15) is 5.75 Å². The molecule has 8 heteroatoms. The lowest BCUT2D eigenvalue weighted by Crippen LogP contribution is -2.31. The SMILES string of the molecule is CCNCCNC(=O)c1ccc(Oc2ccc(C(=O)c3ccccc3)cc2)c([N+](=O)[O-])c1. The van der Waals surface area contributed by atoms with Crippen molar-refractivity contribution in [3.05, 3.63) is 99.6 Å². The summed E-state index contributed by atoms with van der Waals surface area (Å²) < 4.78 is 5.66. The number of ether oxygens (including phenoxy) is 1. The van der Waals surface area contributed by atoms with E-state index in [9.17, 15) is 19.7 Å². The van der Waals surface area contributed by atoms with Crippen LogP contribution in [-0.4, -0.2) is 36.2 Å². The molecule has 3 aromatic carbocycles. The molecule has 8 nitrogen and oxygen atoms in total. The Bertz CT molecular complexity index is 1100. The summed E-state index contributed by atoms with van der Waals surface area (Å²) >= 11 is 0. The quantitative estimate of drug-likeness (QED) is 0.217. The number of nitro benzene ring substituents is 1. The van der Waals surface area contributed by atoms with Gasteiger partial charge in [0.25, 0.3) is 5.91 Å². The first-order valence-electron chi connectivity index (χ1n) is 10.1. The van der Waals surface area contributed by atoms with Gasteiger partial charge in [0.05, 0.1) is 4.92 Å². The Hall–Kier alpha value is -4.04. The monoisotopic (exact) mass is 433 g/mol. The van der Waals surface area contributed by atoms with Crippen molar-refractivity contribution in [2.45, 2.75) is 6.92 Å². The van der Waals surface area contributed by atoms with E-state index in [2.05, 4.69) is 10.6 Å². The van der Waals surface area contributed by atoms with Crippen molar-refractivity contribution in [1.29, 1.82) is 0 Å². The third-order valence-corrected chi connectivity index (χ3v) is 4.64. The number of ketones is 1. The number of nitro groups is 1. The molecule has 32 heavy (non-hydrogen) atoms. The average Bonchev–Trinajstić information content (AvgIpc) is 2.82. The maximum Gasteiger partial charge on any atom is 0.312 e. The molecular formula is C24H23N3O5. The number of carbonyl (C=O) groups excluding carboxylic acids is 2. The Morgan fingerprint density at radius 3 is 2.22 bits per heavy atom. The van der Waals surface area contributed by atoms with Crippen LogP contribution in [0.1, 0.15) is 33.2 Å². The molecule has 164 valence electrons. The van der Waals surface area contributed by atoms with Crippen molar-refractivity contribution in [3.63, 3.8) is 0 Å². The third-order valence-electron chi connectivity index (χ3n) is 4.64. The van der Waals surface area contributed by atoms with E-state index in [1.807, 2.05) is 13.0 Å². The van der Waals surface area contributed by atoms with Gasteiger partial charge in [0.2, 0.25) is 5.75 Å². The van der Waals surface area contributed by atoms with Crippen LogP contribution < -0.4 is 15.4 Å². The predicted molar refractivity (Wildman–Crippen MR) is 120 cm³/mol. The lowest BCUT2D eigenvalue weighted by atomic mass is 10.0. The molecule has 0 radical (unpaired) electrons. The van der Waals surface area contributed by atoms with Crippen LogP contribution in [0.15, 0.2) is 72.8 Å². The molecule has 0 aliphatic rings. The van der Waals surface area contributed by atoms with Crippen LogP contribution in [0.4, 0.5) is 5.69 Å². The van der Waals surface area contributed by atoms with Gasteiger partial charge in [-0.3, -0.25) is 19.7 Å². The lowest BCUT2D eigenvalue weighted by molar-refractivity contribution is -0.385. The normalized spacial score (nSPS) is 10.4. The van der Waals surface area contributed by atoms with E-state index in [1.165, 1.54) is 18.2 Å². The van der Waals surface area contributed by atoms with E-state index in [4.69, 9.17) is 4.74 Å². The zero-order valence-electron chi connectivity index (χ0n) is 17.5. The van der Waals surface area contributed by atoms with E-state index >= 15 is 0 Å². The molecule has 0 aliphatic heterocycles. The summed E-state index contributed by atoms with van der Waals surface area (Å²) in [5.74, 6) is -0.198. The van der Waals surface area contributed by atoms with Crippen LogP contribution in [0.25, 0.3) is 0 Å². The van der Waals surface area contributed by atoms with Crippen LogP contribution in [0.2, 0.25) is 0 Å². The fraction of sp³-hybridized carbons (Fsp3) is 0.167. The lowest BCUT2D eigenvalue weighted by Gasteiger charge is -2.09. The number of hydrogen-bond donors (Lipinski definition) is 2. The molecule has 0 heterocycles. The minimum atomic E-state index is -0.599. The topological polar surface area (TPSA) is 111 Å². The zero-order valence-corrected chi connectivity index (χ0v) is 17.5. The summed E-state index contributed by atoms with van der Waals surface area (Å²) in [6.07, 6.45) is 0. The van der Waals surface area contributed by atoms with Crippen LogP contribution in [-0.2, 0) is 0 Å². The van der Waals surface area contributed by atoms with Gasteiger partial charge in [-0.15, -0.1) is 0 Å². The van der Waals surface area contributed by atoms with Gasteiger partial charge in [0, 0.05) is 35.8 Å². The number of benzene rings is 3. The van der Waals surface area contributed by atoms with E-state index in [-0.39, 0.29) is 22.8 Å². The maximum atomic E-state index is 12.5. The summed E-state index contributed by atoms with van der Waals surface area (Å²) in [5, 5.41) is 17.3. The first-order chi connectivity index (χ1) is 15.5. The summed E-state index contributed by atoms with van der Waals surface area (Å²) in [5.41, 5.74) is 0.886. The molecule has 0 aliphatic carbocycles. The number of carbonyl (C=O) groups is 2. The number of nitrogens with one attached hydrogen (secondary N) is 2. The second-order valence-corrected chi connectivity index (χ2v) is 6.87. The Balaban J connectivity index is 1.73. The number of amides is 1. The standard InChI is InChI=1S/C24H23N3O5/c1-2-25-14-15-26-24(29)19-10-13-22(21(16-19)27(30)31)32-20-11-8-18(9-12-20)23(28)17-6-4-3-5-7-17/h3-13,16,25H,2,14-15H2,1H3,(H,26,29). The molecule has 3 rings (SSSR count). The van der Waals surface area contributed by atoms with Crippen molar-refractivity contribution in [2.24, 2.45) is 0 Å². The molecule has 3 aromatic rings. The van der Waals surface area contributed by atoms with Crippen molar-refractivity contribution >= 4 is 17.4 Å². The van der Waals surface area contributed by atoms with Gasteiger partial charge < -0.3 is 15.4 Å². The molecule has 0 saturated carbocycles. The van der Waals surface area contributed by atoms with Crippen LogP contribution >= 0.6 is 0 Å². The van der Waals surface area contributed by atoms with Crippen molar-refractivity contribution in [3.8, 4) is 11.5 Å². The highest BCUT2D eigenvalue weighted by molar-refractivity contribution is 6.09. The number of nitrogens with zero attached hydrogens (tertiary/aromatic N) is 1. The zero-order chi connectivity index (χ0) is 22.9. The maximum absolute atomic E-state index is 12.5. The molecule has 0 aromatic heterocycles. The Labute approximate surface area is 185 Å². The van der Waals surface area contributed by atoms with Gasteiger partial charge in [-0.2, -0.15) is 0 Å². The molecular weight excluding hydrogens is 410 g/mol. The van der Waals surface area contributed by atoms with Crippen molar-refractivity contribution in [2.75, 3.05) is 19.6 Å². The molecule has 0 fully saturated rings. The Kier molecular flexibility index (Phi) is 7.66. The van der Waals surface area contributed by atoms with Crippen LogP contribution in [0, 0.1) is 10.1 Å². The predicted octanol–water partition coefficient (Wildman–Crippen LogP) is 3.96. The summed E-state index contributed by atoms with van der Waals surface area (Å²) in [7, 11) is 0. The van der Waals surface area contributed by atoms with Crippen molar-refractivity contribution in [1.82, 2.24) is 10.6 Å². The smallest absolute Gasteiger partial charge is 0.312 e. The molecule has 0 unspecified atom stereocenters. The van der Waals surface area contributed by atoms with Crippen LogP contribution in [0.3, 0.4) is 0 Å². The van der Waals surface area contributed by atoms with E-state index in [0.29, 0.717) is 30.0 Å².